The van der Waals surface area contributed by atoms with Crippen LogP contribution in [-0.4, -0.2) is 27.2 Å². The van der Waals surface area contributed by atoms with Crippen LogP contribution in [0.5, 0.6) is 0 Å². The van der Waals surface area contributed by atoms with Gasteiger partial charge >= 0.3 is 22.4 Å². The van der Waals surface area contributed by atoms with Gasteiger partial charge in [-0.05, 0) is 69.3 Å². The van der Waals surface area contributed by atoms with Crippen molar-refractivity contribution in [2.75, 3.05) is 0 Å². The molecule has 0 spiro atoms. The summed E-state index contributed by atoms with van der Waals surface area (Å²) < 4.78 is 0.583. The average Bonchev–Trinajstić information content (AvgIpc) is 2.89. The van der Waals surface area contributed by atoms with E-state index in [1.54, 1.807) is 27.7 Å². The van der Waals surface area contributed by atoms with Gasteiger partial charge in [0.25, 0.3) is 0 Å². The minimum Gasteiger partial charge on any atom is -0.745 e. The van der Waals surface area contributed by atoms with Crippen molar-refractivity contribution in [2.45, 2.75) is 38.8 Å². The molecule has 165 valence electrons. The Labute approximate surface area is 202 Å². The van der Waals surface area contributed by atoms with Gasteiger partial charge in [-0.25, -0.2) is 5.06 Å². The molecule has 0 atom stereocenters. The van der Waals surface area contributed by atoms with Crippen molar-refractivity contribution < 1.29 is 32.3 Å². The molecule has 3 aromatic carbocycles. The number of benzene rings is 3. The molecule has 0 fully saturated rings. The van der Waals surface area contributed by atoms with Gasteiger partial charge < -0.3 is 9.95 Å². The molecule has 0 aliphatic carbocycles. The molecule has 1 aliphatic rings. The van der Waals surface area contributed by atoms with Crippen LogP contribution < -0.4 is 15.9 Å². The molecule has 0 aromatic heterocycles. The Bertz CT molecular complexity index is 886. The van der Waals surface area contributed by atoms with Crippen molar-refractivity contribution in [3.63, 3.8) is 0 Å². The molecule has 0 saturated carbocycles. The third-order valence-electron chi connectivity index (χ3n) is 5.88. The molecule has 1 aliphatic heterocycles. The number of hydroxylamine groups is 3. The third kappa shape index (κ3) is 5.46. The van der Waals surface area contributed by atoms with Crippen LogP contribution in [0, 0.1) is 5.21 Å². The van der Waals surface area contributed by atoms with E-state index in [0.717, 1.165) is 0 Å². The number of nitrogens with zero attached hydrogens (tertiary/aromatic N) is 2. The van der Waals surface area contributed by atoms with Crippen molar-refractivity contribution in [1.29, 1.82) is 0 Å². The number of hydrogen-bond donors (Lipinski definition) is 0. The first-order valence-electron chi connectivity index (χ1n) is 9.99. The minimum atomic E-state index is -0.877. The van der Waals surface area contributed by atoms with E-state index in [4.69, 9.17) is 0 Å². The van der Waals surface area contributed by atoms with E-state index < -0.39 is 19.0 Å². The molecule has 3 aromatic rings. The van der Waals surface area contributed by atoms with Crippen molar-refractivity contribution in [2.24, 2.45) is 0 Å². The largest absolute Gasteiger partial charge is 1.00 e. The van der Waals surface area contributed by atoms with E-state index in [1.165, 1.54) is 15.9 Å². The van der Waals surface area contributed by atoms with Crippen molar-refractivity contribution >= 4 is 30.2 Å². The quantitative estimate of drug-likeness (QED) is 0.148. The van der Waals surface area contributed by atoms with Crippen LogP contribution in [0.25, 0.3) is 0 Å². The molecule has 1 radical (unpaired) electrons. The molecule has 4 rings (SSSR count). The molecule has 0 unspecified atom stereocenters. The van der Waals surface area contributed by atoms with E-state index in [0.29, 0.717) is 9.80 Å². The summed E-state index contributed by atoms with van der Waals surface area (Å²) in [6.45, 7) is 6.91. The molecule has 6 heteroatoms. The van der Waals surface area contributed by atoms with E-state index >= 15 is 0 Å². The Morgan fingerprint density at radius 3 is 1.26 bits per heavy atom. The predicted molar refractivity (Wildman–Crippen MR) is 126 cm³/mol. The Morgan fingerprint density at radius 1 is 0.742 bits per heavy atom. The van der Waals surface area contributed by atoms with Gasteiger partial charge in [0.2, 0.25) is 0 Å². The monoisotopic (exact) mass is 616 g/mol. The van der Waals surface area contributed by atoms with Crippen molar-refractivity contribution in [3.05, 3.63) is 96.2 Å². The molecule has 31 heavy (non-hydrogen) atoms. The normalized spacial score (nSPS) is 16.1. The second-order valence-electron chi connectivity index (χ2n) is 8.28. The molecule has 0 amide bonds. The van der Waals surface area contributed by atoms with Gasteiger partial charge in [-0.1, -0.05) is 60.9 Å². The van der Waals surface area contributed by atoms with Crippen LogP contribution in [0.1, 0.15) is 27.7 Å². The van der Waals surface area contributed by atoms with Gasteiger partial charge in [0.1, 0.15) is 27.0 Å². The van der Waals surface area contributed by atoms with Gasteiger partial charge in [0, 0.05) is 0 Å². The summed E-state index contributed by atoms with van der Waals surface area (Å²) in [6, 6.07) is 32.5. The Balaban J connectivity index is 0.000000245. The predicted octanol–water partition coefficient (Wildman–Crippen LogP) is 3.79. The zero-order chi connectivity index (χ0) is 21.8. The summed E-state index contributed by atoms with van der Waals surface area (Å²) in [7, 11) is -0.877. The van der Waals surface area contributed by atoms with E-state index in [9.17, 15) is 10.4 Å². The van der Waals surface area contributed by atoms with Crippen molar-refractivity contribution in [1.82, 2.24) is 5.06 Å². The maximum absolute atomic E-state index is 11.1. The van der Waals surface area contributed by atoms with Crippen molar-refractivity contribution in [3.8, 4) is 0 Å². The van der Waals surface area contributed by atoms with Crippen LogP contribution in [0.4, 0.5) is 0 Å². The first kappa shape index (κ1) is 25.3. The summed E-state index contributed by atoms with van der Waals surface area (Å²) in [4.78, 5) is 0. The molecule has 1 heterocycles. The smallest absolute Gasteiger partial charge is 0.745 e. The Kier molecular flexibility index (Phi) is 8.65. The molecule has 0 N–H and O–H groups in total. The summed E-state index contributed by atoms with van der Waals surface area (Å²) in [5.41, 5.74) is -1.40. The zero-order valence-electron chi connectivity index (χ0n) is 18.2. The van der Waals surface area contributed by atoms with E-state index in [2.05, 4.69) is 97.3 Å². The van der Waals surface area contributed by atoms with Gasteiger partial charge in [0.15, 0.2) is 0 Å². The fraction of sp³-hybridized carbons (Fsp3) is 0.240. The van der Waals surface area contributed by atoms with Crippen LogP contribution in [0.3, 0.4) is 0 Å². The van der Waals surface area contributed by atoms with Gasteiger partial charge in [-0.3, -0.25) is 0 Å². The topological polar surface area (TPSA) is 49.2 Å². The second kappa shape index (κ2) is 10.6. The van der Waals surface area contributed by atoms with Gasteiger partial charge in [-0.2, -0.15) is 0 Å². The molecule has 0 bridgehead atoms. The zero-order valence-corrected chi connectivity index (χ0v) is 21.3. The average molecular weight is 616 g/mol. The Hall–Kier alpha value is -1.94. The van der Waals surface area contributed by atoms with E-state index in [-0.39, 0.29) is 22.4 Å². The van der Waals surface area contributed by atoms with Crippen LogP contribution in [-0.2, 0) is 27.6 Å². The maximum Gasteiger partial charge on any atom is 1.00 e. The first-order valence-corrected chi connectivity index (χ1v) is 11.5. The minimum absolute atomic E-state index is 0. The van der Waals surface area contributed by atoms with Crippen LogP contribution >= 0.6 is 7.92 Å². The number of hydrogen-bond acceptors (Lipinski definition) is 2. The summed E-state index contributed by atoms with van der Waals surface area (Å²) in [5.74, 6) is 0. The standard InChI is InChI=1S/C18H15P.C7H12N2O2.Au/c1-4-10-16(11-5-1)19(17-12-6-2-7-13-17)18-14-8-3-9-15-18;1-6(2)7(3,4)9(11)5-8(6)10;/h1-15H;1-4H3;/q;-1;+1/p+1. The van der Waals surface area contributed by atoms with Gasteiger partial charge in [0.05, 0.1) is 7.92 Å². The maximum atomic E-state index is 11.1. The molecule has 4 nitrogen and oxygen atoms in total. The summed E-state index contributed by atoms with van der Waals surface area (Å²) in [5, 5.41) is 27.1. The molecular weight excluding hydrogens is 588 g/mol. The summed E-state index contributed by atoms with van der Waals surface area (Å²) >= 11 is 0. The third-order valence-corrected chi connectivity index (χ3v) is 8.61. The fourth-order valence-corrected chi connectivity index (χ4v) is 5.72. The fourth-order valence-electron chi connectivity index (χ4n) is 3.14. The van der Waals surface area contributed by atoms with Gasteiger partial charge in [-0.15, -0.1) is 0 Å². The number of rotatable bonds is 3. The molecular formula is C25H28AuN2O2P+. The Morgan fingerprint density at radius 2 is 1.06 bits per heavy atom. The van der Waals surface area contributed by atoms with Crippen LogP contribution in [0.15, 0.2) is 91.0 Å². The van der Waals surface area contributed by atoms with Crippen LogP contribution in [0.2, 0.25) is 0 Å². The second-order valence-corrected chi connectivity index (χ2v) is 10.8. The molecule has 0 saturated heterocycles. The summed E-state index contributed by atoms with van der Waals surface area (Å²) in [6.07, 6.45) is 2.15. The first-order chi connectivity index (χ1) is 14.2. The van der Waals surface area contributed by atoms with E-state index in [1.807, 2.05) is 0 Å². The SMILES string of the molecule is CC1(C)N([O])[C-]=[N+]([O-])C1(C)C.[Au+].c1ccc([PH+](c2ccccc2)c2ccccc2)cc1.